The first-order chi connectivity index (χ1) is 7.27. The third-order valence-electron chi connectivity index (χ3n) is 1.82. The van der Waals surface area contributed by atoms with Gasteiger partial charge >= 0.3 is 6.18 Å². The fraction of sp³-hybridized carbons (Fsp3) is 0.375. The summed E-state index contributed by atoms with van der Waals surface area (Å²) in [6.07, 6.45) is -8.10. The second kappa shape index (κ2) is 4.40. The first kappa shape index (κ1) is 13.0. The van der Waals surface area contributed by atoms with Crippen LogP contribution in [0.5, 0.6) is 0 Å². The SMILES string of the molecule is O=c1cc(C(F)(F)F)[nH]c(C(F)F)c1CCl. The number of rotatable bonds is 2. The first-order valence-corrected chi connectivity index (χ1v) is 4.48. The summed E-state index contributed by atoms with van der Waals surface area (Å²) in [4.78, 5) is 12.6. The molecule has 16 heavy (non-hydrogen) atoms. The summed E-state index contributed by atoms with van der Waals surface area (Å²) in [6.45, 7) is 0. The standard InChI is InChI=1S/C8H5ClF5NO/c9-2-3-4(16)1-5(8(12,13)14)15-6(3)7(10)11/h1,7H,2H2,(H,15,16). The Morgan fingerprint density at radius 3 is 2.31 bits per heavy atom. The van der Waals surface area contributed by atoms with Crippen LogP contribution >= 0.6 is 11.6 Å². The van der Waals surface area contributed by atoms with E-state index in [0.717, 1.165) is 0 Å². The number of pyridine rings is 1. The maximum absolute atomic E-state index is 12.4. The van der Waals surface area contributed by atoms with Crippen LogP contribution in [-0.2, 0) is 12.1 Å². The van der Waals surface area contributed by atoms with Crippen molar-refractivity contribution < 1.29 is 22.0 Å². The zero-order chi connectivity index (χ0) is 12.5. The minimum atomic E-state index is -4.88. The molecular formula is C8H5ClF5NO. The van der Waals surface area contributed by atoms with Crippen LogP contribution in [0, 0.1) is 0 Å². The van der Waals surface area contributed by atoms with Gasteiger partial charge in [0.25, 0.3) is 6.43 Å². The molecule has 0 aliphatic heterocycles. The van der Waals surface area contributed by atoms with Gasteiger partial charge in [0.15, 0.2) is 5.43 Å². The highest BCUT2D eigenvalue weighted by molar-refractivity contribution is 6.17. The summed E-state index contributed by atoms with van der Waals surface area (Å²) in [5, 5.41) is 0. The smallest absolute Gasteiger partial charge is 0.350 e. The molecule has 1 aromatic heterocycles. The van der Waals surface area contributed by atoms with Crippen LogP contribution in [-0.4, -0.2) is 4.98 Å². The van der Waals surface area contributed by atoms with Crippen molar-refractivity contribution in [3.8, 4) is 0 Å². The molecule has 90 valence electrons. The van der Waals surface area contributed by atoms with Gasteiger partial charge in [-0.3, -0.25) is 4.79 Å². The molecule has 0 radical (unpaired) electrons. The lowest BCUT2D eigenvalue weighted by molar-refractivity contribution is -0.141. The lowest BCUT2D eigenvalue weighted by Crippen LogP contribution is -2.19. The number of hydrogen-bond acceptors (Lipinski definition) is 1. The zero-order valence-electron chi connectivity index (χ0n) is 7.54. The molecule has 1 aromatic rings. The van der Waals surface area contributed by atoms with Crippen molar-refractivity contribution in [1.29, 1.82) is 0 Å². The molecule has 0 fully saturated rings. The summed E-state index contributed by atoms with van der Waals surface area (Å²) in [7, 11) is 0. The van der Waals surface area contributed by atoms with Crippen molar-refractivity contribution in [1.82, 2.24) is 4.98 Å². The van der Waals surface area contributed by atoms with Gasteiger partial charge in [-0.05, 0) is 0 Å². The van der Waals surface area contributed by atoms with Crippen molar-refractivity contribution in [2.24, 2.45) is 0 Å². The maximum Gasteiger partial charge on any atom is 0.431 e. The summed E-state index contributed by atoms with van der Waals surface area (Å²) < 4.78 is 61.3. The van der Waals surface area contributed by atoms with Crippen molar-refractivity contribution in [3.05, 3.63) is 33.2 Å². The molecule has 0 saturated carbocycles. The minimum Gasteiger partial charge on any atom is -0.350 e. The average Bonchev–Trinajstić information content (AvgIpc) is 2.14. The van der Waals surface area contributed by atoms with Gasteiger partial charge in [-0.1, -0.05) is 0 Å². The summed E-state index contributed by atoms with van der Waals surface area (Å²) >= 11 is 5.21. The number of H-pyrrole nitrogens is 1. The van der Waals surface area contributed by atoms with Crippen molar-refractivity contribution in [3.63, 3.8) is 0 Å². The fourth-order valence-electron chi connectivity index (χ4n) is 1.08. The van der Waals surface area contributed by atoms with Gasteiger partial charge < -0.3 is 4.98 Å². The van der Waals surface area contributed by atoms with E-state index in [-0.39, 0.29) is 6.07 Å². The van der Waals surface area contributed by atoms with E-state index < -0.39 is 40.9 Å². The van der Waals surface area contributed by atoms with E-state index in [0.29, 0.717) is 0 Å². The molecule has 0 unspecified atom stereocenters. The molecule has 0 amide bonds. The van der Waals surface area contributed by atoms with Crippen LogP contribution < -0.4 is 5.43 Å². The highest BCUT2D eigenvalue weighted by Gasteiger charge is 2.34. The van der Waals surface area contributed by atoms with Crippen LogP contribution in [0.25, 0.3) is 0 Å². The summed E-state index contributed by atoms with van der Waals surface area (Å²) in [5.41, 5.74) is -4.31. The monoisotopic (exact) mass is 261 g/mol. The highest BCUT2D eigenvalue weighted by atomic mass is 35.5. The average molecular weight is 262 g/mol. The third kappa shape index (κ3) is 2.52. The quantitative estimate of drug-likeness (QED) is 0.644. The van der Waals surface area contributed by atoms with E-state index >= 15 is 0 Å². The van der Waals surface area contributed by atoms with Gasteiger partial charge in [-0.15, -0.1) is 11.6 Å². The number of aromatic amines is 1. The predicted molar refractivity (Wildman–Crippen MR) is 46.6 cm³/mol. The molecule has 1 rings (SSSR count). The van der Waals surface area contributed by atoms with E-state index in [1.165, 1.54) is 4.98 Å². The van der Waals surface area contributed by atoms with Gasteiger partial charge in [-0.25, -0.2) is 8.78 Å². The normalized spacial score (nSPS) is 12.2. The van der Waals surface area contributed by atoms with Crippen molar-refractivity contribution in [2.45, 2.75) is 18.5 Å². The molecule has 0 aromatic carbocycles. The van der Waals surface area contributed by atoms with Gasteiger partial charge in [0, 0.05) is 11.6 Å². The molecule has 0 spiro atoms. The van der Waals surface area contributed by atoms with Crippen LogP contribution in [0.4, 0.5) is 22.0 Å². The molecule has 0 bridgehead atoms. The van der Waals surface area contributed by atoms with E-state index in [1.807, 2.05) is 0 Å². The van der Waals surface area contributed by atoms with Crippen molar-refractivity contribution >= 4 is 11.6 Å². The number of alkyl halides is 6. The first-order valence-electron chi connectivity index (χ1n) is 3.94. The van der Waals surface area contributed by atoms with Crippen LogP contribution in [0.3, 0.4) is 0 Å². The third-order valence-corrected chi connectivity index (χ3v) is 2.09. The Hall–Kier alpha value is -1.11. The van der Waals surface area contributed by atoms with Gasteiger partial charge in [0.1, 0.15) is 5.69 Å². The molecule has 8 heteroatoms. The summed E-state index contributed by atoms with van der Waals surface area (Å²) in [5.74, 6) is -0.576. The molecule has 2 nitrogen and oxygen atoms in total. The number of hydrogen-bond donors (Lipinski definition) is 1. The predicted octanol–water partition coefficient (Wildman–Crippen LogP) is 3.07. The van der Waals surface area contributed by atoms with E-state index in [2.05, 4.69) is 0 Å². The fourth-order valence-corrected chi connectivity index (χ4v) is 1.36. The van der Waals surface area contributed by atoms with E-state index in [1.54, 1.807) is 0 Å². The second-order valence-electron chi connectivity index (χ2n) is 2.87. The Balaban J connectivity index is 3.46. The van der Waals surface area contributed by atoms with E-state index in [9.17, 15) is 26.7 Å². The van der Waals surface area contributed by atoms with Gasteiger partial charge in [-0.2, -0.15) is 13.2 Å². The molecular weight excluding hydrogens is 257 g/mol. The lowest BCUT2D eigenvalue weighted by atomic mass is 10.2. The Morgan fingerprint density at radius 2 is 1.94 bits per heavy atom. The van der Waals surface area contributed by atoms with Gasteiger partial charge in [0.05, 0.1) is 11.6 Å². The highest BCUT2D eigenvalue weighted by Crippen LogP contribution is 2.29. The number of nitrogens with one attached hydrogen (secondary N) is 1. The summed E-state index contributed by atoms with van der Waals surface area (Å²) in [6, 6.07) is 0.212. The zero-order valence-corrected chi connectivity index (χ0v) is 8.29. The molecule has 0 saturated heterocycles. The molecule has 0 aliphatic rings. The lowest BCUT2D eigenvalue weighted by Gasteiger charge is -2.11. The Morgan fingerprint density at radius 1 is 1.38 bits per heavy atom. The molecule has 1 N–H and O–H groups in total. The largest absolute Gasteiger partial charge is 0.431 e. The van der Waals surface area contributed by atoms with Gasteiger partial charge in [0.2, 0.25) is 0 Å². The van der Waals surface area contributed by atoms with E-state index in [4.69, 9.17) is 11.6 Å². The maximum atomic E-state index is 12.4. The van der Waals surface area contributed by atoms with Crippen LogP contribution in [0.1, 0.15) is 23.4 Å². The molecule has 0 atom stereocenters. The Bertz CT molecular complexity index is 439. The molecule has 1 heterocycles. The molecule has 0 aliphatic carbocycles. The topological polar surface area (TPSA) is 32.9 Å². The Kier molecular flexibility index (Phi) is 3.57. The number of aromatic nitrogens is 1. The van der Waals surface area contributed by atoms with Crippen LogP contribution in [0.15, 0.2) is 10.9 Å². The Labute approximate surface area is 91.0 Å². The number of halogens is 6. The van der Waals surface area contributed by atoms with Crippen molar-refractivity contribution in [2.75, 3.05) is 0 Å². The van der Waals surface area contributed by atoms with Crippen LogP contribution in [0.2, 0.25) is 0 Å². The minimum absolute atomic E-state index is 0.212. The second-order valence-corrected chi connectivity index (χ2v) is 3.14.